The molecule has 6 heteroatoms. The largest absolute Gasteiger partial charge is 0.497 e. The SMILES string of the molecule is COc1ccc(CNc2ccnc(C(=O)NCc3ccccn3)c2)cc1. The van der Waals surface area contributed by atoms with Gasteiger partial charge in [0.15, 0.2) is 0 Å². The lowest BCUT2D eigenvalue weighted by molar-refractivity contribution is 0.0945. The fourth-order valence-corrected chi connectivity index (χ4v) is 2.38. The number of hydrogen-bond donors (Lipinski definition) is 2. The molecular weight excluding hydrogens is 328 g/mol. The molecule has 0 radical (unpaired) electrons. The summed E-state index contributed by atoms with van der Waals surface area (Å²) in [5.41, 5.74) is 3.11. The Labute approximate surface area is 152 Å². The van der Waals surface area contributed by atoms with Gasteiger partial charge in [-0.1, -0.05) is 18.2 Å². The number of aromatic nitrogens is 2. The fraction of sp³-hybridized carbons (Fsp3) is 0.150. The first-order valence-electron chi connectivity index (χ1n) is 8.25. The van der Waals surface area contributed by atoms with Gasteiger partial charge in [0.1, 0.15) is 11.4 Å². The second-order valence-corrected chi connectivity index (χ2v) is 5.64. The number of methoxy groups -OCH3 is 1. The molecule has 3 aromatic rings. The smallest absolute Gasteiger partial charge is 0.270 e. The zero-order valence-electron chi connectivity index (χ0n) is 14.5. The maximum atomic E-state index is 12.3. The van der Waals surface area contributed by atoms with Gasteiger partial charge in [0, 0.05) is 24.6 Å². The minimum absolute atomic E-state index is 0.233. The number of carbonyl (C=O) groups is 1. The Bertz CT molecular complexity index is 851. The Morgan fingerprint density at radius 2 is 1.85 bits per heavy atom. The molecule has 0 aliphatic heterocycles. The third-order valence-corrected chi connectivity index (χ3v) is 3.80. The van der Waals surface area contributed by atoms with Gasteiger partial charge in [-0.05, 0) is 42.0 Å². The summed E-state index contributed by atoms with van der Waals surface area (Å²) >= 11 is 0. The molecular formula is C20H20N4O2. The number of nitrogens with one attached hydrogen (secondary N) is 2. The molecule has 1 aromatic carbocycles. The summed E-state index contributed by atoms with van der Waals surface area (Å²) in [7, 11) is 1.64. The van der Waals surface area contributed by atoms with Crippen LogP contribution in [0.25, 0.3) is 0 Å². The molecule has 132 valence electrons. The van der Waals surface area contributed by atoms with Crippen molar-refractivity contribution in [1.82, 2.24) is 15.3 Å². The topological polar surface area (TPSA) is 76.1 Å². The molecule has 1 amide bonds. The molecule has 0 saturated heterocycles. The van der Waals surface area contributed by atoms with Crippen LogP contribution in [0.1, 0.15) is 21.7 Å². The van der Waals surface area contributed by atoms with Crippen LogP contribution in [0.2, 0.25) is 0 Å². The number of amides is 1. The van der Waals surface area contributed by atoms with Crippen LogP contribution in [0.3, 0.4) is 0 Å². The van der Waals surface area contributed by atoms with Gasteiger partial charge in [0.25, 0.3) is 5.91 Å². The molecule has 6 nitrogen and oxygen atoms in total. The van der Waals surface area contributed by atoms with Crippen molar-refractivity contribution >= 4 is 11.6 Å². The van der Waals surface area contributed by atoms with Crippen LogP contribution in [-0.4, -0.2) is 23.0 Å². The van der Waals surface area contributed by atoms with Crippen LogP contribution >= 0.6 is 0 Å². The number of nitrogens with zero attached hydrogens (tertiary/aromatic N) is 2. The zero-order valence-corrected chi connectivity index (χ0v) is 14.5. The van der Waals surface area contributed by atoms with Crippen molar-refractivity contribution in [2.75, 3.05) is 12.4 Å². The van der Waals surface area contributed by atoms with Gasteiger partial charge in [-0.3, -0.25) is 14.8 Å². The van der Waals surface area contributed by atoms with Crippen molar-refractivity contribution in [2.24, 2.45) is 0 Å². The highest BCUT2D eigenvalue weighted by atomic mass is 16.5. The predicted molar refractivity (Wildman–Crippen MR) is 100.0 cm³/mol. The number of carbonyl (C=O) groups excluding carboxylic acids is 1. The predicted octanol–water partition coefficient (Wildman–Crippen LogP) is 3.03. The molecule has 2 N–H and O–H groups in total. The van der Waals surface area contributed by atoms with Gasteiger partial charge < -0.3 is 15.4 Å². The Hall–Kier alpha value is -3.41. The van der Waals surface area contributed by atoms with Crippen LogP contribution in [-0.2, 0) is 13.1 Å². The Balaban J connectivity index is 1.57. The summed E-state index contributed by atoms with van der Waals surface area (Å²) in [4.78, 5) is 20.6. The minimum atomic E-state index is -0.233. The minimum Gasteiger partial charge on any atom is -0.497 e. The molecule has 0 saturated carbocycles. The molecule has 0 spiro atoms. The van der Waals surface area contributed by atoms with Crippen LogP contribution in [0, 0.1) is 0 Å². The first-order valence-corrected chi connectivity index (χ1v) is 8.25. The number of pyridine rings is 2. The summed E-state index contributed by atoms with van der Waals surface area (Å²) in [6.45, 7) is 1.01. The lowest BCUT2D eigenvalue weighted by Crippen LogP contribution is -2.24. The molecule has 26 heavy (non-hydrogen) atoms. The molecule has 0 aliphatic rings. The Kier molecular flexibility index (Phi) is 5.77. The standard InChI is InChI=1S/C20H20N4O2/c1-26-18-7-5-15(6-8-18)13-23-16-9-11-22-19(12-16)20(25)24-14-17-4-2-3-10-21-17/h2-12H,13-14H2,1H3,(H,22,23)(H,24,25). The fourth-order valence-electron chi connectivity index (χ4n) is 2.38. The summed E-state index contributed by atoms with van der Waals surface area (Å²) in [5.74, 6) is 0.591. The number of ether oxygens (including phenoxy) is 1. The average Bonchev–Trinajstić information content (AvgIpc) is 2.72. The van der Waals surface area contributed by atoms with Gasteiger partial charge in [-0.2, -0.15) is 0 Å². The number of rotatable bonds is 7. The van der Waals surface area contributed by atoms with Gasteiger partial charge >= 0.3 is 0 Å². The number of benzene rings is 1. The highest BCUT2D eigenvalue weighted by molar-refractivity contribution is 5.93. The Morgan fingerprint density at radius 1 is 1.00 bits per heavy atom. The highest BCUT2D eigenvalue weighted by Gasteiger charge is 2.08. The first kappa shape index (κ1) is 17.4. The van der Waals surface area contributed by atoms with E-state index in [0.717, 1.165) is 22.7 Å². The Morgan fingerprint density at radius 3 is 2.58 bits per heavy atom. The van der Waals surface area contributed by atoms with E-state index in [2.05, 4.69) is 20.6 Å². The van der Waals surface area contributed by atoms with Crippen molar-refractivity contribution in [3.05, 3.63) is 83.9 Å². The highest BCUT2D eigenvalue weighted by Crippen LogP contribution is 2.14. The van der Waals surface area contributed by atoms with Crippen molar-refractivity contribution in [3.8, 4) is 5.75 Å². The maximum Gasteiger partial charge on any atom is 0.270 e. The number of anilines is 1. The van der Waals surface area contributed by atoms with Crippen LogP contribution in [0.4, 0.5) is 5.69 Å². The monoisotopic (exact) mass is 348 g/mol. The molecule has 0 fully saturated rings. The van der Waals surface area contributed by atoms with E-state index in [1.54, 1.807) is 25.6 Å². The third-order valence-electron chi connectivity index (χ3n) is 3.80. The molecule has 0 atom stereocenters. The van der Waals surface area contributed by atoms with E-state index in [1.807, 2.05) is 48.5 Å². The summed E-state index contributed by atoms with van der Waals surface area (Å²) in [6, 6.07) is 17.0. The van der Waals surface area contributed by atoms with Crippen molar-refractivity contribution < 1.29 is 9.53 Å². The zero-order chi connectivity index (χ0) is 18.2. The van der Waals surface area contributed by atoms with E-state index in [4.69, 9.17) is 4.74 Å². The molecule has 0 unspecified atom stereocenters. The van der Waals surface area contributed by atoms with E-state index < -0.39 is 0 Å². The summed E-state index contributed by atoms with van der Waals surface area (Å²) in [5, 5.41) is 6.12. The lowest BCUT2D eigenvalue weighted by Gasteiger charge is -2.09. The van der Waals surface area contributed by atoms with E-state index in [1.165, 1.54) is 0 Å². The quantitative estimate of drug-likeness (QED) is 0.686. The lowest BCUT2D eigenvalue weighted by atomic mass is 10.2. The van der Waals surface area contributed by atoms with E-state index in [0.29, 0.717) is 18.8 Å². The summed E-state index contributed by atoms with van der Waals surface area (Å²) in [6.07, 6.45) is 3.31. The maximum absolute atomic E-state index is 12.3. The van der Waals surface area contributed by atoms with Gasteiger partial charge in [-0.15, -0.1) is 0 Å². The molecule has 0 bridgehead atoms. The van der Waals surface area contributed by atoms with Crippen molar-refractivity contribution in [3.63, 3.8) is 0 Å². The molecule has 2 heterocycles. The van der Waals surface area contributed by atoms with Crippen LogP contribution < -0.4 is 15.4 Å². The summed E-state index contributed by atoms with van der Waals surface area (Å²) < 4.78 is 5.15. The van der Waals surface area contributed by atoms with Gasteiger partial charge in [-0.25, -0.2) is 0 Å². The third kappa shape index (κ3) is 4.80. The van der Waals surface area contributed by atoms with E-state index >= 15 is 0 Å². The first-order chi connectivity index (χ1) is 12.7. The number of hydrogen-bond acceptors (Lipinski definition) is 5. The average molecular weight is 348 g/mol. The second-order valence-electron chi connectivity index (χ2n) is 5.64. The van der Waals surface area contributed by atoms with Crippen molar-refractivity contribution in [1.29, 1.82) is 0 Å². The normalized spacial score (nSPS) is 10.2. The van der Waals surface area contributed by atoms with E-state index in [9.17, 15) is 4.79 Å². The molecule has 2 aromatic heterocycles. The van der Waals surface area contributed by atoms with Gasteiger partial charge in [0.05, 0.1) is 19.3 Å². The second kappa shape index (κ2) is 8.62. The van der Waals surface area contributed by atoms with E-state index in [-0.39, 0.29) is 5.91 Å². The van der Waals surface area contributed by atoms with Crippen LogP contribution in [0.5, 0.6) is 5.75 Å². The van der Waals surface area contributed by atoms with Gasteiger partial charge in [0.2, 0.25) is 0 Å². The molecule has 3 rings (SSSR count). The van der Waals surface area contributed by atoms with Crippen LogP contribution in [0.15, 0.2) is 67.0 Å². The molecule has 0 aliphatic carbocycles. The van der Waals surface area contributed by atoms with Crippen molar-refractivity contribution in [2.45, 2.75) is 13.1 Å².